The number of hydrogen-bond acceptors (Lipinski definition) is 4. The Morgan fingerprint density at radius 1 is 1.57 bits per heavy atom. The lowest BCUT2D eigenvalue weighted by Gasteiger charge is -2.21. The summed E-state index contributed by atoms with van der Waals surface area (Å²) in [6, 6.07) is 4.81. The zero-order valence-corrected chi connectivity index (χ0v) is 12.7. The molecule has 1 atom stereocenters. The Labute approximate surface area is 130 Å². The highest BCUT2D eigenvalue weighted by molar-refractivity contribution is 8.26. The number of nitrogens with zero attached hydrogens (tertiary/aromatic N) is 1. The van der Waals surface area contributed by atoms with Crippen LogP contribution in [0.3, 0.4) is 0 Å². The number of thiocarbonyl (C=S) groups is 1. The van der Waals surface area contributed by atoms with Crippen LogP contribution < -0.4 is 0 Å². The van der Waals surface area contributed by atoms with E-state index in [0.717, 1.165) is 16.7 Å². The van der Waals surface area contributed by atoms with E-state index in [1.807, 2.05) is 0 Å². The molecule has 1 N–H and O–H groups in total. The van der Waals surface area contributed by atoms with Crippen LogP contribution in [-0.2, 0) is 9.59 Å². The minimum absolute atomic E-state index is 0.205. The highest BCUT2D eigenvalue weighted by atomic mass is 32.2. The van der Waals surface area contributed by atoms with Gasteiger partial charge in [0.1, 0.15) is 16.2 Å². The second-order valence-electron chi connectivity index (χ2n) is 4.37. The number of halogens is 1. The number of carboxylic acids is 1. The molecular weight excluding hydrogens is 313 g/mol. The van der Waals surface area contributed by atoms with Crippen LogP contribution in [0.25, 0.3) is 6.08 Å². The van der Waals surface area contributed by atoms with Gasteiger partial charge in [0.2, 0.25) is 0 Å². The molecule has 1 fully saturated rings. The molecule has 1 aromatic carbocycles. The van der Waals surface area contributed by atoms with Crippen molar-refractivity contribution >= 4 is 46.3 Å². The van der Waals surface area contributed by atoms with Crippen LogP contribution in [0.1, 0.15) is 18.9 Å². The maximum atomic E-state index is 13.1. The van der Waals surface area contributed by atoms with E-state index in [2.05, 4.69) is 0 Å². The second kappa shape index (κ2) is 6.36. The second-order valence-corrected chi connectivity index (χ2v) is 6.04. The number of amides is 1. The lowest BCUT2D eigenvalue weighted by molar-refractivity contribution is -0.145. The average molecular weight is 325 g/mol. The fraction of sp³-hybridized carbons (Fsp3) is 0.214. The van der Waals surface area contributed by atoms with Crippen LogP contribution in [0.5, 0.6) is 0 Å². The van der Waals surface area contributed by atoms with Crippen LogP contribution in [0.4, 0.5) is 4.39 Å². The van der Waals surface area contributed by atoms with E-state index >= 15 is 0 Å². The zero-order chi connectivity index (χ0) is 15.6. The van der Waals surface area contributed by atoms with Crippen molar-refractivity contribution in [2.75, 3.05) is 0 Å². The molecule has 1 aliphatic heterocycles. The minimum atomic E-state index is -1.10. The lowest BCUT2D eigenvalue weighted by atomic mass is 10.1. The Kier molecular flexibility index (Phi) is 4.74. The predicted molar refractivity (Wildman–Crippen MR) is 83.1 cm³/mol. The Balaban J connectivity index is 2.31. The molecule has 0 spiro atoms. The van der Waals surface area contributed by atoms with Crippen LogP contribution in [0.15, 0.2) is 29.2 Å². The van der Waals surface area contributed by atoms with E-state index in [0.29, 0.717) is 10.5 Å². The summed E-state index contributed by atoms with van der Waals surface area (Å²) in [6.45, 7) is 1.67. The zero-order valence-electron chi connectivity index (χ0n) is 11.1. The molecule has 21 heavy (non-hydrogen) atoms. The molecule has 4 nitrogen and oxygen atoms in total. The quantitative estimate of drug-likeness (QED) is 0.681. The number of carboxylic acid groups (broad SMARTS) is 1. The number of benzene rings is 1. The number of thioether (sulfide) groups is 1. The summed E-state index contributed by atoms with van der Waals surface area (Å²) in [5, 5.41) is 9.15. The van der Waals surface area contributed by atoms with Crippen molar-refractivity contribution in [3.8, 4) is 0 Å². The topological polar surface area (TPSA) is 57.6 Å². The van der Waals surface area contributed by atoms with Gasteiger partial charge in [0, 0.05) is 0 Å². The molecule has 1 heterocycles. The van der Waals surface area contributed by atoms with Gasteiger partial charge in [-0.15, -0.1) is 0 Å². The molecular formula is C14H12FNO3S2. The fourth-order valence-electron chi connectivity index (χ4n) is 1.96. The standard InChI is InChI=1S/C14H12FNO3S2/c1-2-10(13(18)19)16-12(17)11(21-14(16)20)7-8-4-3-5-9(15)6-8/h3-7,10H,2H2,1H3,(H,18,19)/t10-/m1/s1. The van der Waals surface area contributed by atoms with E-state index < -0.39 is 23.7 Å². The molecule has 0 aromatic heterocycles. The van der Waals surface area contributed by atoms with Crippen molar-refractivity contribution in [1.29, 1.82) is 0 Å². The third kappa shape index (κ3) is 3.30. The molecule has 2 rings (SSSR count). The van der Waals surface area contributed by atoms with Crippen molar-refractivity contribution in [2.24, 2.45) is 0 Å². The largest absolute Gasteiger partial charge is 0.480 e. The summed E-state index contributed by atoms with van der Waals surface area (Å²) >= 11 is 6.11. The first-order valence-electron chi connectivity index (χ1n) is 6.19. The van der Waals surface area contributed by atoms with Gasteiger partial charge in [-0.2, -0.15) is 0 Å². The normalized spacial score (nSPS) is 18.4. The molecule has 0 bridgehead atoms. The Morgan fingerprint density at radius 2 is 2.29 bits per heavy atom. The van der Waals surface area contributed by atoms with Crippen molar-refractivity contribution in [1.82, 2.24) is 4.90 Å². The first-order chi connectivity index (χ1) is 9.93. The van der Waals surface area contributed by atoms with E-state index in [1.165, 1.54) is 24.3 Å². The molecule has 7 heteroatoms. The van der Waals surface area contributed by atoms with Crippen LogP contribution >= 0.6 is 24.0 Å². The van der Waals surface area contributed by atoms with E-state index in [9.17, 15) is 14.0 Å². The van der Waals surface area contributed by atoms with Crippen molar-refractivity contribution in [2.45, 2.75) is 19.4 Å². The summed E-state index contributed by atoms with van der Waals surface area (Å²) in [5.41, 5.74) is 0.527. The molecule has 0 aliphatic carbocycles. The molecule has 1 aliphatic rings. The van der Waals surface area contributed by atoms with Gasteiger partial charge in [0.15, 0.2) is 0 Å². The molecule has 1 amide bonds. The number of rotatable bonds is 4. The number of hydrogen-bond donors (Lipinski definition) is 1. The SMILES string of the molecule is CC[C@H](C(=O)O)N1C(=O)C(=Cc2cccc(F)c2)SC1=S. The fourth-order valence-corrected chi connectivity index (χ4v) is 3.32. The Hall–Kier alpha value is -1.73. The summed E-state index contributed by atoms with van der Waals surface area (Å²) in [4.78, 5) is 24.9. The Morgan fingerprint density at radius 3 is 2.86 bits per heavy atom. The van der Waals surface area contributed by atoms with Gasteiger partial charge in [-0.05, 0) is 30.2 Å². The van der Waals surface area contributed by atoms with Gasteiger partial charge in [0.05, 0.1) is 4.91 Å². The van der Waals surface area contributed by atoms with Gasteiger partial charge in [-0.25, -0.2) is 9.18 Å². The van der Waals surface area contributed by atoms with Crippen LogP contribution in [0.2, 0.25) is 0 Å². The molecule has 1 aromatic rings. The third-order valence-electron chi connectivity index (χ3n) is 2.95. The van der Waals surface area contributed by atoms with E-state index in [1.54, 1.807) is 13.0 Å². The molecule has 0 radical (unpaired) electrons. The van der Waals surface area contributed by atoms with Gasteiger partial charge in [-0.1, -0.05) is 43.0 Å². The highest BCUT2D eigenvalue weighted by Crippen LogP contribution is 2.34. The van der Waals surface area contributed by atoms with E-state index in [-0.39, 0.29) is 10.7 Å². The summed E-state index contributed by atoms with van der Waals surface area (Å²) in [7, 11) is 0. The number of aliphatic carboxylic acids is 1. The first-order valence-corrected chi connectivity index (χ1v) is 7.42. The monoisotopic (exact) mass is 325 g/mol. The molecule has 1 saturated heterocycles. The highest BCUT2D eigenvalue weighted by Gasteiger charge is 2.39. The van der Waals surface area contributed by atoms with E-state index in [4.69, 9.17) is 17.3 Å². The number of carbonyl (C=O) groups is 2. The predicted octanol–water partition coefficient (Wildman–Crippen LogP) is 2.89. The Bertz CT molecular complexity index is 645. The smallest absolute Gasteiger partial charge is 0.326 e. The maximum Gasteiger partial charge on any atom is 0.326 e. The summed E-state index contributed by atoms with van der Waals surface area (Å²) < 4.78 is 13.4. The average Bonchev–Trinajstić information content (AvgIpc) is 2.67. The van der Waals surface area contributed by atoms with Crippen LogP contribution in [-0.4, -0.2) is 32.2 Å². The minimum Gasteiger partial charge on any atom is -0.480 e. The third-order valence-corrected chi connectivity index (χ3v) is 4.28. The summed E-state index contributed by atoms with van der Waals surface area (Å²) in [5.74, 6) is -1.96. The van der Waals surface area contributed by atoms with Crippen LogP contribution in [0, 0.1) is 5.82 Å². The van der Waals surface area contributed by atoms with Gasteiger partial charge < -0.3 is 5.11 Å². The van der Waals surface area contributed by atoms with Gasteiger partial charge in [-0.3, -0.25) is 9.69 Å². The molecule has 110 valence electrons. The number of carbonyl (C=O) groups excluding carboxylic acids is 1. The maximum absolute atomic E-state index is 13.1. The van der Waals surface area contributed by atoms with Gasteiger partial charge >= 0.3 is 5.97 Å². The van der Waals surface area contributed by atoms with Crippen molar-refractivity contribution < 1.29 is 19.1 Å². The lowest BCUT2D eigenvalue weighted by Crippen LogP contribution is -2.43. The summed E-state index contributed by atoms with van der Waals surface area (Å²) in [6.07, 6.45) is 1.77. The van der Waals surface area contributed by atoms with Gasteiger partial charge in [0.25, 0.3) is 5.91 Å². The first kappa shape index (κ1) is 15.7. The van der Waals surface area contributed by atoms with Crippen molar-refractivity contribution in [3.05, 3.63) is 40.6 Å². The van der Waals surface area contributed by atoms with Crippen molar-refractivity contribution in [3.63, 3.8) is 0 Å². The molecule has 0 unspecified atom stereocenters. The molecule has 0 saturated carbocycles.